The van der Waals surface area contributed by atoms with Crippen LogP contribution in [-0.2, 0) is 10.0 Å². The molecule has 5 nitrogen and oxygen atoms in total. The molecule has 0 bridgehead atoms. The van der Waals surface area contributed by atoms with E-state index in [-0.39, 0.29) is 4.90 Å². The Hall–Kier alpha value is -2.21. The van der Waals surface area contributed by atoms with Crippen LogP contribution in [0.4, 0.5) is 11.4 Å². The number of nitrogens with one attached hydrogen (secondary N) is 1. The van der Waals surface area contributed by atoms with Gasteiger partial charge in [-0.15, -0.1) is 0 Å². The highest BCUT2D eigenvalue weighted by molar-refractivity contribution is 7.92. The predicted molar refractivity (Wildman–Crippen MR) is 96.3 cm³/mol. The second kappa shape index (κ2) is 7.13. The molecule has 6 heteroatoms. The normalized spacial score (nSPS) is 15.1. The molecule has 2 aromatic carbocycles. The lowest BCUT2D eigenvalue weighted by atomic mass is 10.1. The highest BCUT2D eigenvalue weighted by atomic mass is 32.2. The quantitative estimate of drug-likeness (QED) is 0.900. The number of nitrogens with zero attached hydrogens (tertiary/aromatic N) is 1. The van der Waals surface area contributed by atoms with Crippen molar-refractivity contribution in [2.45, 2.75) is 24.2 Å². The Morgan fingerprint density at radius 3 is 2.38 bits per heavy atom. The first-order valence-corrected chi connectivity index (χ1v) is 9.60. The Bertz CT molecular complexity index is 799. The van der Waals surface area contributed by atoms with E-state index < -0.39 is 10.0 Å². The average molecular weight is 346 g/mol. The minimum atomic E-state index is -3.72. The maximum absolute atomic E-state index is 12.8. The van der Waals surface area contributed by atoms with E-state index in [0.717, 1.165) is 31.6 Å². The third-order valence-corrected chi connectivity index (χ3v) is 5.61. The van der Waals surface area contributed by atoms with Crippen LogP contribution in [0.15, 0.2) is 53.4 Å². The third kappa shape index (κ3) is 3.48. The zero-order valence-electron chi connectivity index (χ0n) is 13.7. The molecule has 1 N–H and O–H groups in total. The molecular formula is C18H22N2O3S. The number of benzene rings is 2. The summed E-state index contributed by atoms with van der Waals surface area (Å²) in [7, 11) is -2.25. The number of anilines is 2. The van der Waals surface area contributed by atoms with E-state index in [1.54, 1.807) is 30.3 Å². The van der Waals surface area contributed by atoms with Crippen LogP contribution in [0.2, 0.25) is 0 Å². The van der Waals surface area contributed by atoms with Crippen molar-refractivity contribution >= 4 is 21.4 Å². The van der Waals surface area contributed by atoms with Gasteiger partial charge in [0.2, 0.25) is 0 Å². The van der Waals surface area contributed by atoms with Gasteiger partial charge in [0, 0.05) is 13.1 Å². The van der Waals surface area contributed by atoms with Gasteiger partial charge in [-0.1, -0.05) is 24.3 Å². The zero-order chi connectivity index (χ0) is 17.0. The summed E-state index contributed by atoms with van der Waals surface area (Å²) in [5, 5.41) is 0. The van der Waals surface area contributed by atoms with Crippen molar-refractivity contribution in [3.63, 3.8) is 0 Å². The first-order valence-electron chi connectivity index (χ1n) is 8.11. The molecule has 0 radical (unpaired) electrons. The average Bonchev–Trinajstić information content (AvgIpc) is 2.62. The fourth-order valence-corrected chi connectivity index (χ4v) is 4.26. The number of ether oxygens (including phenoxy) is 1. The van der Waals surface area contributed by atoms with E-state index in [1.807, 2.05) is 18.2 Å². The second-order valence-electron chi connectivity index (χ2n) is 5.82. The topological polar surface area (TPSA) is 58.6 Å². The second-order valence-corrected chi connectivity index (χ2v) is 7.47. The number of para-hydroxylation sites is 3. The summed E-state index contributed by atoms with van der Waals surface area (Å²) in [6, 6.07) is 14.2. The van der Waals surface area contributed by atoms with Crippen LogP contribution in [-0.4, -0.2) is 28.6 Å². The van der Waals surface area contributed by atoms with Gasteiger partial charge >= 0.3 is 0 Å². The van der Waals surface area contributed by atoms with Crippen LogP contribution in [0.25, 0.3) is 0 Å². The van der Waals surface area contributed by atoms with Gasteiger partial charge in [-0.3, -0.25) is 4.72 Å². The molecule has 0 amide bonds. The van der Waals surface area contributed by atoms with E-state index in [9.17, 15) is 8.42 Å². The fourth-order valence-electron chi connectivity index (χ4n) is 3.01. The summed E-state index contributed by atoms with van der Waals surface area (Å²) >= 11 is 0. The van der Waals surface area contributed by atoms with E-state index >= 15 is 0 Å². The summed E-state index contributed by atoms with van der Waals surface area (Å²) < 4.78 is 33.5. The largest absolute Gasteiger partial charge is 0.495 e. The minimum absolute atomic E-state index is 0.140. The number of piperidine rings is 1. The molecule has 0 saturated carbocycles. The van der Waals surface area contributed by atoms with Gasteiger partial charge in [0.15, 0.2) is 0 Å². The van der Waals surface area contributed by atoms with Crippen LogP contribution in [0.5, 0.6) is 5.75 Å². The smallest absolute Gasteiger partial charge is 0.265 e. The Morgan fingerprint density at radius 1 is 0.958 bits per heavy atom. The van der Waals surface area contributed by atoms with Crippen LogP contribution in [0, 0.1) is 0 Å². The van der Waals surface area contributed by atoms with Crippen molar-refractivity contribution in [1.29, 1.82) is 0 Å². The van der Waals surface area contributed by atoms with E-state index in [2.05, 4.69) is 9.62 Å². The summed E-state index contributed by atoms with van der Waals surface area (Å²) in [5.74, 6) is 0.334. The number of sulfonamides is 1. The summed E-state index contributed by atoms with van der Waals surface area (Å²) in [4.78, 5) is 2.38. The third-order valence-electron chi connectivity index (χ3n) is 4.20. The highest BCUT2D eigenvalue weighted by Gasteiger charge is 2.22. The lowest BCUT2D eigenvalue weighted by Gasteiger charge is -2.30. The lowest BCUT2D eigenvalue weighted by Crippen LogP contribution is -2.30. The SMILES string of the molecule is COc1ccccc1S(=O)(=O)Nc1ccccc1N1CCCCC1. The van der Waals surface area contributed by atoms with Gasteiger partial charge in [0.25, 0.3) is 10.0 Å². The molecule has 0 aliphatic carbocycles. The molecule has 128 valence electrons. The molecule has 24 heavy (non-hydrogen) atoms. The van der Waals surface area contributed by atoms with E-state index in [0.29, 0.717) is 11.4 Å². The van der Waals surface area contributed by atoms with Crippen molar-refractivity contribution < 1.29 is 13.2 Å². The number of hydrogen-bond donors (Lipinski definition) is 1. The molecule has 1 aliphatic heterocycles. The first-order chi connectivity index (χ1) is 11.6. The Balaban J connectivity index is 1.93. The molecule has 1 heterocycles. The zero-order valence-corrected chi connectivity index (χ0v) is 14.6. The number of rotatable bonds is 5. The molecule has 0 unspecified atom stereocenters. The van der Waals surface area contributed by atoms with E-state index in [4.69, 9.17) is 4.74 Å². The summed E-state index contributed by atoms with van der Waals surface area (Å²) in [6.07, 6.45) is 3.49. The molecular weight excluding hydrogens is 324 g/mol. The first kappa shape index (κ1) is 16.6. The molecule has 0 spiro atoms. The molecule has 1 saturated heterocycles. The molecule has 3 rings (SSSR count). The van der Waals surface area contributed by atoms with E-state index in [1.165, 1.54) is 13.5 Å². The van der Waals surface area contributed by atoms with Crippen molar-refractivity contribution in [2.75, 3.05) is 29.8 Å². The molecule has 1 aliphatic rings. The van der Waals surface area contributed by atoms with Gasteiger partial charge in [-0.05, 0) is 43.5 Å². The highest BCUT2D eigenvalue weighted by Crippen LogP contribution is 2.31. The fraction of sp³-hybridized carbons (Fsp3) is 0.333. The van der Waals surface area contributed by atoms with Crippen molar-refractivity contribution in [2.24, 2.45) is 0 Å². The van der Waals surface area contributed by atoms with Gasteiger partial charge in [-0.25, -0.2) is 8.42 Å². The standard InChI is InChI=1S/C18H22N2O3S/c1-23-17-11-5-6-12-18(17)24(21,22)19-15-9-3-4-10-16(15)20-13-7-2-8-14-20/h3-6,9-12,19H,2,7-8,13-14H2,1H3. The maximum atomic E-state index is 12.8. The van der Waals surface area contributed by atoms with Gasteiger partial charge in [-0.2, -0.15) is 0 Å². The Kier molecular flexibility index (Phi) is 4.94. The van der Waals surface area contributed by atoms with Crippen LogP contribution in [0.1, 0.15) is 19.3 Å². The molecule has 2 aromatic rings. The van der Waals surface area contributed by atoms with Crippen molar-refractivity contribution in [3.8, 4) is 5.75 Å². The van der Waals surface area contributed by atoms with Crippen LogP contribution >= 0.6 is 0 Å². The molecule has 1 fully saturated rings. The van der Waals surface area contributed by atoms with Gasteiger partial charge in [0.1, 0.15) is 10.6 Å². The van der Waals surface area contributed by atoms with Crippen LogP contribution < -0.4 is 14.4 Å². The van der Waals surface area contributed by atoms with Gasteiger partial charge in [0.05, 0.1) is 18.5 Å². The molecule has 0 atom stereocenters. The summed E-state index contributed by atoms with van der Waals surface area (Å²) in [6.45, 7) is 1.90. The minimum Gasteiger partial charge on any atom is -0.495 e. The predicted octanol–water partition coefficient (Wildman–Crippen LogP) is 3.49. The van der Waals surface area contributed by atoms with Crippen LogP contribution in [0.3, 0.4) is 0 Å². The molecule has 0 aromatic heterocycles. The summed E-state index contributed by atoms with van der Waals surface area (Å²) in [5.41, 5.74) is 1.53. The Labute approximate surface area is 143 Å². The van der Waals surface area contributed by atoms with Crippen molar-refractivity contribution in [1.82, 2.24) is 0 Å². The Morgan fingerprint density at radius 2 is 1.62 bits per heavy atom. The lowest BCUT2D eigenvalue weighted by molar-refractivity contribution is 0.403. The maximum Gasteiger partial charge on any atom is 0.265 e. The number of hydrogen-bond acceptors (Lipinski definition) is 4. The number of methoxy groups -OCH3 is 1. The van der Waals surface area contributed by atoms with Crippen molar-refractivity contribution in [3.05, 3.63) is 48.5 Å². The van der Waals surface area contributed by atoms with Gasteiger partial charge < -0.3 is 9.64 Å². The monoisotopic (exact) mass is 346 g/mol.